The highest BCUT2D eigenvalue weighted by Gasteiger charge is 2.13. The molecule has 5 heteroatoms. The molecule has 0 saturated heterocycles. The summed E-state index contributed by atoms with van der Waals surface area (Å²) in [5.74, 6) is -1.06. The van der Waals surface area contributed by atoms with Gasteiger partial charge in [0.25, 0.3) is 0 Å². The molecule has 0 radical (unpaired) electrons. The van der Waals surface area contributed by atoms with Gasteiger partial charge in [0.1, 0.15) is 17.5 Å². The van der Waals surface area contributed by atoms with Crippen LogP contribution in [0.1, 0.15) is 11.6 Å². The average Bonchev–Trinajstić information content (AvgIpc) is 2.39. The van der Waals surface area contributed by atoms with E-state index in [9.17, 15) is 13.2 Å². The Kier molecular flexibility index (Phi) is 4.50. The van der Waals surface area contributed by atoms with E-state index >= 15 is 0 Å². The lowest BCUT2D eigenvalue weighted by Gasteiger charge is -2.12. The maximum atomic E-state index is 13.5. The molecule has 1 nitrogen and oxygen atoms in total. The van der Waals surface area contributed by atoms with Crippen LogP contribution in [-0.4, -0.2) is 5.75 Å². The molecule has 0 aromatic heterocycles. The minimum absolute atomic E-state index is 0.129. The van der Waals surface area contributed by atoms with Gasteiger partial charge in [-0.2, -0.15) is 0 Å². The first-order valence-corrected chi connectivity index (χ1v) is 6.64. The minimum Gasteiger partial charge on any atom is -0.323 e. The van der Waals surface area contributed by atoms with Crippen molar-refractivity contribution in [3.63, 3.8) is 0 Å². The summed E-state index contributed by atoms with van der Waals surface area (Å²) in [5.41, 5.74) is 5.96. The number of halogens is 3. The number of hydrogen-bond acceptors (Lipinski definition) is 2. The molecule has 2 aromatic carbocycles. The van der Waals surface area contributed by atoms with Gasteiger partial charge in [-0.1, -0.05) is 6.07 Å². The maximum Gasteiger partial charge on any atom is 0.128 e. The van der Waals surface area contributed by atoms with E-state index in [1.54, 1.807) is 12.1 Å². The topological polar surface area (TPSA) is 26.0 Å². The Morgan fingerprint density at radius 3 is 2.47 bits per heavy atom. The van der Waals surface area contributed by atoms with E-state index in [-0.39, 0.29) is 11.4 Å². The van der Waals surface area contributed by atoms with Crippen LogP contribution in [0, 0.1) is 17.5 Å². The predicted octanol–water partition coefficient (Wildman–Crippen LogP) is 3.90. The van der Waals surface area contributed by atoms with Crippen LogP contribution in [0.25, 0.3) is 0 Å². The third-order valence-corrected chi connectivity index (χ3v) is 3.70. The zero-order valence-corrected chi connectivity index (χ0v) is 10.8. The molecule has 1 unspecified atom stereocenters. The molecule has 0 bridgehead atoms. The van der Waals surface area contributed by atoms with Crippen LogP contribution in [-0.2, 0) is 0 Å². The Morgan fingerprint density at radius 2 is 1.74 bits per heavy atom. The van der Waals surface area contributed by atoms with Gasteiger partial charge in [-0.3, -0.25) is 0 Å². The molecule has 2 aromatic rings. The van der Waals surface area contributed by atoms with Crippen molar-refractivity contribution in [3.05, 3.63) is 65.5 Å². The van der Waals surface area contributed by atoms with Crippen molar-refractivity contribution in [2.45, 2.75) is 10.9 Å². The molecule has 100 valence electrons. The Labute approximate surface area is 113 Å². The highest BCUT2D eigenvalue weighted by atomic mass is 32.2. The molecule has 0 fully saturated rings. The maximum absolute atomic E-state index is 13.5. The molecule has 19 heavy (non-hydrogen) atoms. The summed E-state index contributed by atoms with van der Waals surface area (Å²) in [6.45, 7) is 0. The van der Waals surface area contributed by atoms with Gasteiger partial charge in [-0.15, -0.1) is 11.8 Å². The summed E-state index contributed by atoms with van der Waals surface area (Å²) in [7, 11) is 0. The smallest absolute Gasteiger partial charge is 0.128 e. The highest BCUT2D eigenvalue weighted by molar-refractivity contribution is 7.99. The second-order valence-electron chi connectivity index (χ2n) is 4.04. The van der Waals surface area contributed by atoms with E-state index in [1.165, 1.54) is 23.9 Å². The summed E-state index contributed by atoms with van der Waals surface area (Å²) >= 11 is 1.30. The summed E-state index contributed by atoms with van der Waals surface area (Å²) < 4.78 is 39.5. The van der Waals surface area contributed by atoms with Crippen molar-refractivity contribution in [2.24, 2.45) is 5.73 Å². The van der Waals surface area contributed by atoms with E-state index in [0.717, 1.165) is 18.2 Å². The lowest BCUT2D eigenvalue weighted by Crippen LogP contribution is -2.15. The van der Waals surface area contributed by atoms with E-state index in [0.29, 0.717) is 10.6 Å². The Morgan fingerprint density at radius 1 is 1.00 bits per heavy atom. The largest absolute Gasteiger partial charge is 0.323 e. The molecule has 0 aliphatic heterocycles. The molecule has 1 atom stereocenters. The molecule has 0 aliphatic rings. The van der Waals surface area contributed by atoms with Gasteiger partial charge in [0, 0.05) is 22.3 Å². The van der Waals surface area contributed by atoms with Crippen molar-refractivity contribution < 1.29 is 13.2 Å². The molecular formula is C14H12F3NS. The fourth-order valence-electron chi connectivity index (χ4n) is 1.63. The van der Waals surface area contributed by atoms with Crippen LogP contribution in [0.15, 0.2) is 47.4 Å². The van der Waals surface area contributed by atoms with Gasteiger partial charge in [-0.05, 0) is 36.4 Å². The summed E-state index contributed by atoms with van der Waals surface area (Å²) in [4.78, 5) is 0.701. The van der Waals surface area contributed by atoms with Gasteiger partial charge >= 0.3 is 0 Å². The fourth-order valence-corrected chi connectivity index (χ4v) is 2.55. The standard InChI is InChI=1S/C14H12F3NS/c15-9-2-1-3-11(6-9)19-8-14(18)12-7-10(16)4-5-13(12)17/h1-7,14H,8,18H2. The third-order valence-electron chi connectivity index (χ3n) is 2.58. The number of rotatable bonds is 4. The van der Waals surface area contributed by atoms with Crippen LogP contribution in [0.4, 0.5) is 13.2 Å². The summed E-state index contributed by atoms with van der Waals surface area (Å²) in [6.07, 6.45) is 0. The quantitative estimate of drug-likeness (QED) is 0.861. The Balaban J connectivity index is 2.05. The van der Waals surface area contributed by atoms with Crippen molar-refractivity contribution in [1.29, 1.82) is 0 Å². The second kappa shape index (κ2) is 6.12. The highest BCUT2D eigenvalue weighted by Crippen LogP contribution is 2.25. The molecule has 0 aliphatic carbocycles. The molecule has 2 N–H and O–H groups in total. The van der Waals surface area contributed by atoms with Crippen LogP contribution < -0.4 is 5.73 Å². The number of hydrogen-bond donors (Lipinski definition) is 1. The third kappa shape index (κ3) is 3.75. The van der Waals surface area contributed by atoms with Crippen LogP contribution in [0.2, 0.25) is 0 Å². The van der Waals surface area contributed by atoms with E-state index in [2.05, 4.69) is 0 Å². The average molecular weight is 283 g/mol. The SMILES string of the molecule is NC(CSc1cccc(F)c1)c1cc(F)ccc1F. The first-order chi connectivity index (χ1) is 9.06. The second-order valence-corrected chi connectivity index (χ2v) is 5.13. The van der Waals surface area contributed by atoms with Crippen molar-refractivity contribution in [1.82, 2.24) is 0 Å². The number of thioether (sulfide) groups is 1. The fraction of sp³-hybridized carbons (Fsp3) is 0.143. The molecule has 2 rings (SSSR count). The molecule has 0 heterocycles. The minimum atomic E-state index is -0.649. The van der Waals surface area contributed by atoms with Gasteiger partial charge in [0.2, 0.25) is 0 Å². The first kappa shape index (κ1) is 14.0. The van der Waals surface area contributed by atoms with Gasteiger partial charge in [0.05, 0.1) is 0 Å². The Hall–Kier alpha value is -1.46. The van der Waals surface area contributed by atoms with E-state index < -0.39 is 17.7 Å². The lowest BCUT2D eigenvalue weighted by molar-refractivity contribution is 0.573. The molecule has 0 spiro atoms. The van der Waals surface area contributed by atoms with Crippen molar-refractivity contribution in [2.75, 3.05) is 5.75 Å². The number of benzene rings is 2. The van der Waals surface area contributed by atoms with E-state index in [4.69, 9.17) is 5.73 Å². The van der Waals surface area contributed by atoms with E-state index in [1.807, 2.05) is 0 Å². The molecule has 0 saturated carbocycles. The first-order valence-electron chi connectivity index (χ1n) is 5.65. The number of nitrogens with two attached hydrogens (primary N) is 1. The molecule has 0 amide bonds. The molecular weight excluding hydrogens is 271 g/mol. The normalized spacial score (nSPS) is 12.4. The lowest BCUT2D eigenvalue weighted by atomic mass is 10.1. The van der Waals surface area contributed by atoms with Gasteiger partial charge in [0.15, 0.2) is 0 Å². The van der Waals surface area contributed by atoms with Crippen LogP contribution in [0.3, 0.4) is 0 Å². The van der Waals surface area contributed by atoms with Gasteiger partial charge in [-0.25, -0.2) is 13.2 Å². The zero-order valence-electron chi connectivity index (χ0n) is 9.95. The summed E-state index contributed by atoms with van der Waals surface area (Å²) in [6, 6.07) is 8.59. The van der Waals surface area contributed by atoms with Crippen LogP contribution >= 0.6 is 11.8 Å². The monoisotopic (exact) mass is 283 g/mol. The Bertz CT molecular complexity index is 574. The van der Waals surface area contributed by atoms with Crippen molar-refractivity contribution in [3.8, 4) is 0 Å². The van der Waals surface area contributed by atoms with Gasteiger partial charge < -0.3 is 5.73 Å². The zero-order chi connectivity index (χ0) is 13.8. The predicted molar refractivity (Wildman–Crippen MR) is 70.4 cm³/mol. The summed E-state index contributed by atoms with van der Waals surface area (Å²) in [5, 5.41) is 0. The van der Waals surface area contributed by atoms with Crippen molar-refractivity contribution >= 4 is 11.8 Å². The van der Waals surface area contributed by atoms with Crippen LogP contribution in [0.5, 0.6) is 0 Å².